The first-order chi connectivity index (χ1) is 10.8. The summed E-state index contributed by atoms with van der Waals surface area (Å²) in [5.74, 6) is -1.09. The van der Waals surface area contributed by atoms with E-state index in [4.69, 9.17) is 23.2 Å². The molecule has 2 aromatic rings. The van der Waals surface area contributed by atoms with Crippen molar-refractivity contribution in [2.75, 3.05) is 4.72 Å². The highest BCUT2D eigenvalue weighted by atomic mass is 35.5. The zero-order valence-electron chi connectivity index (χ0n) is 11.3. The van der Waals surface area contributed by atoms with E-state index in [1.165, 1.54) is 36.4 Å². The highest BCUT2D eigenvalue weighted by molar-refractivity contribution is 7.92. The van der Waals surface area contributed by atoms with E-state index in [0.717, 1.165) is 0 Å². The van der Waals surface area contributed by atoms with Gasteiger partial charge in [0.05, 0.1) is 16.1 Å². The minimum atomic E-state index is -4.00. The van der Waals surface area contributed by atoms with E-state index in [2.05, 4.69) is 10.0 Å². The molecule has 0 saturated carbocycles. The molecule has 1 heterocycles. The van der Waals surface area contributed by atoms with Crippen LogP contribution in [0.15, 0.2) is 41.3 Å². The van der Waals surface area contributed by atoms with E-state index in [-0.39, 0.29) is 31.8 Å². The van der Waals surface area contributed by atoms with Crippen LogP contribution >= 0.6 is 23.2 Å². The summed E-state index contributed by atoms with van der Waals surface area (Å²) in [4.78, 5) is 22.9. The number of nitrogens with one attached hydrogen (secondary N) is 2. The van der Waals surface area contributed by atoms with E-state index in [1.54, 1.807) is 0 Å². The number of sulfonamides is 1. The molecule has 2 aromatic carbocycles. The normalized spacial score (nSPS) is 13.7. The molecule has 0 atom stereocenters. The molecule has 9 heteroatoms. The maximum Gasteiger partial charge on any atom is 0.263 e. The zero-order valence-corrected chi connectivity index (χ0v) is 13.6. The molecule has 2 amide bonds. The van der Waals surface area contributed by atoms with Gasteiger partial charge in [-0.25, -0.2) is 8.42 Å². The number of hydrogen-bond donors (Lipinski definition) is 2. The second-order valence-corrected chi connectivity index (χ2v) is 7.22. The molecule has 1 aliphatic rings. The van der Waals surface area contributed by atoms with Gasteiger partial charge in [0.25, 0.3) is 21.8 Å². The van der Waals surface area contributed by atoms with Crippen LogP contribution in [0, 0.1) is 0 Å². The highest BCUT2D eigenvalue weighted by Crippen LogP contribution is 2.28. The van der Waals surface area contributed by atoms with E-state index in [0.29, 0.717) is 0 Å². The third-order valence-corrected chi connectivity index (χ3v) is 5.27. The van der Waals surface area contributed by atoms with Crippen LogP contribution in [-0.2, 0) is 10.0 Å². The lowest BCUT2D eigenvalue weighted by Gasteiger charge is -2.10. The molecule has 0 radical (unpaired) electrons. The molecule has 1 aliphatic heterocycles. The van der Waals surface area contributed by atoms with Crippen LogP contribution in [0.5, 0.6) is 0 Å². The number of benzene rings is 2. The van der Waals surface area contributed by atoms with Crippen molar-refractivity contribution in [1.82, 2.24) is 5.32 Å². The van der Waals surface area contributed by atoms with Gasteiger partial charge in [0, 0.05) is 10.7 Å². The molecular weight excluding hydrogens is 363 g/mol. The van der Waals surface area contributed by atoms with E-state index < -0.39 is 21.8 Å². The Balaban J connectivity index is 1.99. The van der Waals surface area contributed by atoms with Gasteiger partial charge in [-0.3, -0.25) is 19.6 Å². The first-order valence-electron chi connectivity index (χ1n) is 6.25. The van der Waals surface area contributed by atoms with Crippen molar-refractivity contribution in [1.29, 1.82) is 0 Å². The van der Waals surface area contributed by atoms with Crippen molar-refractivity contribution in [2.45, 2.75) is 4.90 Å². The Hall–Kier alpha value is -2.09. The molecule has 0 saturated heterocycles. The summed E-state index contributed by atoms with van der Waals surface area (Å²) < 4.78 is 27.1. The fourth-order valence-corrected chi connectivity index (χ4v) is 3.94. The van der Waals surface area contributed by atoms with Gasteiger partial charge in [0.15, 0.2) is 0 Å². The minimum Gasteiger partial charge on any atom is -0.288 e. The zero-order chi connectivity index (χ0) is 16.8. The lowest BCUT2D eigenvalue weighted by molar-refractivity contribution is 0.0879. The topological polar surface area (TPSA) is 92.3 Å². The van der Waals surface area contributed by atoms with Crippen LogP contribution in [0.1, 0.15) is 20.7 Å². The average Bonchev–Trinajstić information content (AvgIpc) is 2.76. The molecule has 118 valence electrons. The molecule has 0 fully saturated rings. The molecule has 0 aromatic heterocycles. The summed E-state index contributed by atoms with van der Waals surface area (Å²) in [6.07, 6.45) is 0. The highest BCUT2D eigenvalue weighted by Gasteiger charge is 2.27. The van der Waals surface area contributed by atoms with Crippen molar-refractivity contribution >= 4 is 50.7 Å². The third-order valence-electron chi connectivity index (χ3n) is 3.17. The number of halogens is 2. The lowest BCUT2D eigenvalue weighted by Crippen LogP contribution is -2.19. The summed E-state index contributed by atoms with van der Waals surface area (Å²) in [6.45, 7) is 0. The van der Waals surface area contributed by atoms with Crippen LogP contribution in [0.4, 0.5) is 5.69 Å². The van der Waals surface area contributed by atoms with Crippen molar-refractivity contribution in [3.63, 3.8) is 0 Å². The number of amides is 2. The SMILES string of the molecule is O=C1NC(=O)c2cc(NS(=O)(=O)c3cc(Cl)ccc3Cl)ccc21. The second-order valence-electron chi connectivity index (χ2n) is 4.72. The lowest BCUT2D eigenvalue weighted by atomic mass is 10.1. The van der Waals surface area contributed by atoms with Crippen LogP contribution in [0.25, 0.3) is 0 Å². The Morgan fingerprint density at radius 3 is 2.35 bits per heavy atom. The summed E-state index contributed by atoms with van der Waals surface area (Å²) in [7, 11) is -4.00. The molecule has 0 spiro atoms. The fraction of sp³-hybridized carbons (Fsp3) is 0. The van der Waals surface area contributed by atoms with Crippen LogP contribution in [0.2, 0.25) is 10.0 Å². The van der Waals surface area contributed by atoms with Gasteiger partial charge in [0.1, 0.15) is 4.90 Å². The van der Waals surface area contributed by atoms with Crippen molar-refractivity contribution in [2.24, 2.45) is 0 Å². The summed E-state index contributed by atoms with van der Waals surface area (Å²) in [5.41, 5.74) is 0.427. The van der Waals surface area contributed by atoms with Gasteiger partial charge in [-0.2, -0.15) is 0 Å². The third kappa shape index (κ3) is 2.90. The molecule has 0 unspecified atom stereocenters. The molecule has 2 N–H and O–H groups in total. The fourth-order valence-electron chi connectivity index (χ4n) is 2.12. The number of fused-ring (bicyclic) bond motifs is 1. The molecular formula is C14H8Cl2N2O4S. The number of rotatable bonds is 3. The number of carbonyl (C=O) groups is 2. The van der Waals surface area contributed by atoms with Gasteiger partial charge in [-0.1, -0.05) is 23.2 Å². The average molecular weight is 371 g/mol. The quantitative estimate of drug-likeness (QED) is 0.812. The summed E-state index contributed by atoms with van der Waals surface area (Å²) in [6, 6.07) is 8.09. The Kier molecular flexibility index (Phi) is 3.79. The standard InChI is InChI=1S/C14H8Cl2N2O4S/c15-7-1-4-11(16)12(5-7)23(21,22)18-8-2-3-9-10(6-8)14(20)17-13(9)19/h1-6,18H,(H,17,19,20). The number of carbonyl (C=O) groups excluding carboxylic acids is 2. The van der Waals surface area contributed by atoms with E-state index in [1.807, 2.05) is 0 Å². The van der Waals surface area contributed by atoms with Gasteiger partial charge in [-0.05, 0) is 36.4 Å². The summed E-state index contributed by atoms with van der Waals surface area (Å²) in [5, 5.41) is 2.35. The predicted molar refractivity (Wildman–Crippen MR) is 85.5 cm³/mol. The Morgan fingerprint density at radius 2 is 1.61 bits per heavy atom. The maximum atomic E-state index is 12.4. The monoisotopic (exact) mass is 370 g/mol. The maximum absolute atomic E-state index is 12.4. The van der Waals surface area contributed by atoms with Crippen LogP contribution in [-0.4, -0.2) is 20.2 Å². The Labute approximate surface area is 141 Å². The van der Waals surface area contributed by atoms with Gasteiger partial charge < -0.3 is 0 Å². The van der Waals surface area contributed by atoms with Gasteiger partial charge >= 0.3 is 0 Å². The van der Waals surface area contributed by atoms with E-state index in [9.17, 15) is 18.0 Å². The van der Waals surface area contributed by atoms with Crippen LogP contribution in [0.3, 0.4) is 0 Å². The number of imide groups is 1. The van der Waals surface area contributed by atoms with Crippen LogP contribution < -0.4 is 10.0 Å². The number of anilines is 1. The molecule has 0 aliphatic carbocycles. The minimum absolute atomic E-state index is 0.0102. The van der Waals surface area contributed by atoms with Crippen molar-refractivity contribution in [3.05, 3.63) is 57.6 Å². The largest absolute Gasteiger partial charge is 0.288 e. The first kappa shape index (κ1) is 15.8. The van der Waals surface area contributed by atoms with Crippen molar-refractivity contribution < 1.29 is 18.0 Å². The van der Waals surface area contributed by atoms with Gasteiger partial charge in [-0.15, -0.1) is 0 Å². The van der Waals surface area contributed by atoms with Gasteiger partial charge in [0.2, 0.25) is 0 Å². The second kappa shape index (κ2) is 5.52. The molecule has 23 heavy (non-hydrogen) atoms. The molecule has 6 nitrogen and oxygen atoms in total. The molecule has 3 rings (SSSR count). The number of hydrogen-bond acceptors (Lipinski definition) is 4. The molecule has 0 bridgehead atoms. The Morgan fingerprint density at radius 1 is 0.913 bits per heavy atom. The first-order valence-corrected chi connectivity index (χ1v) is 8.49. The predicted octanol–water partition coefficient (Wildman–Crippen LogP) is 2.68. The Bertz CT molecular complexity index is 957. The summed E-state index contributed by atoms with van der Waals surface area (Å²) >= 11 is 11.7. The van der Waals surface area contributed by atoms with E-state index >= 15 is 0 Å². The van der Waals surface area contributed by atoms with Crippen molar-refractivity contribution in [3.8, 4) is 0 Å². The smallest absolute Gasteiger partial charge is 0.263 e.